The normalized spacial score (nSPS) is 10.5. The molecule has 4 aromatic carbocycles. The van der Waals surface area contributed by atoms with Crippen molar-refractivity contribution < 1.29 is 28.9 Å². The second-order valence-electron chi connectivity index (χ2n) is 8.58. The lowest BCUT2D eigenvalue weighted by molar-refractivity contribution is -0.385. The number of ether oxygens (including phenoxy) is 2. The Kier molecular flexibility index (Phi) is 8.89. The van der Waals surface area contributed by atoms with Crippen molar-refractivity contribution in [2.24, 2.45) is 0 Å². The average Bonchev–Trinajstić information content (AvgIpc) is 2.97. The standard InChI is InChI=1S/C28H20Cl2N4O8/c1-41-25-11-15(3-9-21(25)31-27(35)19-7-5-17(29)13-23(19)33(37)38)16-4-10-22(26(12-16)42-2)32-28(36)20-8-6-18(30)14-24(20)34(39)40/h3-14H,1-2H3,(H,31,35)(H,32,36). The van der Waals surface area contributed by atoms with Gasteiger partial charge in [-0.2, -0.15) is 0 Å². The van der Waals surface area contributed by atoms with E-state index in [-0.39, 0.29) is 44.0 Å². The third-order valence-corrected chi connectivity index (χ3v) is 6.51. The zero-order chi connectivity index (χ0) is 30.6. The number of hydrogen-bond donors (Lipinski definition) is 2. The number of carbonyl (C=O) groups excluding carboxylic acids is 2. The SMILES string of the molecule is COc1cc(-c2ccc(NC(=O)c3ccc(Cl)cc3[N+](=O)[O-])c(OC)c2)ccc1NC(=O)c1ccc(Cl)cc1[N+](=O)[O-]. The van der Waals surface area contributed by atoms with Crippen LogP contribution in [0.1, 0.15) is 20.7 Å². The number of nitrogens with zero attached hydrogens (tertiary/aromatic N) is 2. The van der Waals surface area contributed by atoms with Gasteiger partial charge in [0.2, 0.25) is 0 Å². The largest absolute Gasteiger partial charge is 0.495 e. The molecule has 0 heterocycles. The highest BCUT2D eigenvalue weighted by Crippen LogP contribution is 2.36. The summed E-state index contributed by atoms with van der Waals surface area (Å²) in [5, 5.41) is 28.3. The second-order valence-corrected chi connectivity index (χ2v) is 9.45. The van der Waals surface area contributed by atoms with Gasteiger partial charge in [-0.1, -0.05) is 35.3 Å². The molecular formula is C28H20Cl2N4O8. The topological polar surface area (TPSA) is 163 Å². The number of halogens is 2. The summed E-state index contributed by atoms with van der Waals surface area (Å²) in [4.78, 5) is 47.1. The van der Waals surface area contributed by atoms with E-state index in [1.54, 1.807) is 36.4 Å². The van der Waals surface area contributed by atoms with E-state index in [2.05, 4.69) is 10.6 Å². The van der Waals surface area contributed by atoms with Crippen LogP contribution in [0.15, 0.2) is 72.8 Å². The van der Waals surface area contributed by atoms with E-state index in [4.69, 9.17) is 32.7 Å². The number of amides is 2. The van der Waals surface area contributed by atoms with E-state index >= 15 is 0 Å². The molecule has 14 heteroatoms. The molecule has 0 unspecified atom stereocenters. The molecule has 0 bridgehead atoms. The van der Waals surface area contributed by atoms with Gasteiger partial charge >= 0.3 is 0 Å². The van der Waals surface area contributed by atoms with Gasteiger partial charge in [0.1, 0.15) is 22.6 Å². The number of carbonyl (C=O) groups is 2. The van der Waals surface area contributed by atoms with E-state index in [9.17, 15) is 29.8 Å². The van der Waals surface area contributed by atoms with Crippen molar-refractivity contribution in [1.29, 1.82) is 0 Å². The molecule has 2 amide bonds. The Bertz CT molecular complexity index is 1620. The van der Waals surface area contributed by atoms with E-state index < -0.39 is 33.0 Å². The van der Waals surface area contributed by atoms with Gasteiger partial charge in [0, 0.05) is 22.2 Å². The van der Waals surface area contributed by atoms with Crippen LogP contribution in [0.25, 0.3) is 11.1 Å². The molecule has 4 rings (SSSR count). The Morgan fingerprint density at radius 3 is 1.36 bits per heavy atom. The van der Waals surface area contributed by atoms with E-state index in [0.717, 1.165) is 12.1 Å². The molecular weight excluding hydrogens is 591 g/mol. The number of benzene rings is 4. The molecule has 0 aliphatic rings. The minimum absolute atomic E-state index is 0.118. The van der Waals surface area contributed by atoms with Gasteiger partial charge in [-0.05, 0) is 59.7 Å². The van der Waals surface area contributed by atoms with Crippen LogP contribution in [-0.4, -0.2) is 35.9 Å². The van der Waals surface area contributed by atoms with Crippen LogP contribution >= 0.6 is 23.2 Å². The summed E-state index contributed by atoms with van der Waals surface area (Å²) < 4.78 is 10.9. The molecule has 0 aliphatic carbocycles. The molecule has 0 spiro atoms. The first-order valence-electron chi connectivity index (χ1n) is 11.9. The van der Waals surface area contributed by atoms with Crippen molar-refractivity contribution in [3.63, 3.8) is 0 Å². The summed E-state index contributed by atoms with van der Waals surface area (Å²) in [5.41, 5.74) is 0.565. The van der Waals surface area contributed by atoms with Crippen LogP contribution < -0.4 is 20.1 Å². The fraction of sp³-hybridized carbons (Fsp3) is 0.0714. The maximum absolute atomic E-state index is 12.9. The first-order chi connectivity index (χ1) is 20.0. The molecule has 2 N–H and O–H groups in total. The van der Waals surface area contributed by atoms with Gasteiger partial charge in [0.15, 0.2) is 0 Å². The van der Waals surface area contributed by atoms with Gasteiger partial charge in [0.25, 0.3) is 23.2 Å². The number of hydrogen-bond acceptors (Lipinski definition) is 8. The van der Waals surface area contributed by atoms with Crippen molar-refractivity contribution >= 4 is 57.8 Å². The summed E-state index contributed by atoms with van der Waals surface area (Å²) >= 11 is 11.7. The highest BCUT2D eigenvalue weighted by atomic mass is 35.5. The number of nitro groups is 2. The van der Waals surface area contributed by atoms with E-state index in [1.165, 1.54) is 38.5 Å². The smallest absolute Gasteiger partial charge is 0.283 e. The Hall–Kier alpha value is -5.20. The first kappa shape index (κ1) is 29.8. The predicted octanol–water partition coefficient (Wildman–Crippen LogP) is 7.00. The third-order valence-electron chi connectivity index (χ3n) is 6.03. The summed E-state index contributed by atoms with van der Waals surface area (Å²) in [6.07, 6.45) is 0. The van der Waals surface area contributed by atoms with Crippen LogP contribution in [0.4, 0.5) is 22.7 Å². The van der Waals surface area contributed by atoms with Gasteiger partial charge in [-0.25, -0.2) is 0 Å². The van der Waals surface area contributed by atoms with Gasteiger partial charge < -0.3 is 20.1 Å². The molecule has 0 radical (unpaired) electrons. The quantitative estimate of drug-likeness (QED) is 0.151. The number of anilines is 2. The lowest BCUT2D eigenvalue weighted by atomic mass is 10.0. The van der Waals surface area contributed by atoms with Crippen LogP contribution in [0.2, 0.25) is 10.0 Å². The zero-order valence-corrected chi connectivity index (χ0v) is 23.4. The van der Waals surface area contributed by atoms with Crippen LogP contribution in [0, 0.1) is 20.2 Å². The van der Waals surface area contributed by atoms with Crippen LogP contribution in [0.5, 0.6) is 11.5 Å². The van der Waals surface area contributed by atoms with Crippen molar-refractivity contribution in [2.45, 2.75) is 0 Å². The first-order valence-corrected chi connectivity index (χ1v) is 12.6. The van der Waals surface area contributed by atoms with Crippen molar-refractivity contribution in [1.82, 2.24) is 0 Å². The highest BCUT2D eigenvalue weighted by molar-refractivity contribution is 6.31. The summed E-state index contributed by atoms with van der Waals surface area (Å²) in [5.74, 6) is -0.924. The summed E-state index contributed by atoms with van der Waals surface area (Å²) in [6, 6.07) is 17.2. The average molecular weight is 611 g/mol. The van der Waals surface area contributed by atoms with Crippen LogP contribution in [0.3, 0.4) is 0 Å². The second kappa shape index (κ2) is 12.5. The highest BCUT2D eigenvalue weighted by Gasteiger charge is 2.23. The molecule has 0 fully saturated rings. The number of nitrogens with one attached hydrogen (secondary N) is 2. The predicted molar refractivity (Wildman–Crippen MR) is 157 cm³/mol. The van der Waals surface area contributed by atoms with Gasteiger partial charge in [-0.3, -0.25) is 29.8 Å². The Morgan fingerprint density at radius 1 is 0.643 bits per heavy atom. The number of rotatable bonds is 9. The fourth-order valence-corrected chi connectivity index (χ4v) is 4.36. The van der Waals surface area contributed by atoms with Gasteiger partial charge in [-0.15, -0.1) is 0 Å². The van der Waals surface area contributed by atoms with Crippen molar-refractivity contribution in [3.8, 4) is 22.6 Å². The Morgan fingerprint density at radius 2 is 1.02 bits per heavy atom. The van der Waals surface area contributed by atoms with E-state index in [0.29, 0.717) is 11.1 Å². The minimum atomic E-state index is -0.730. The maximum atomic E-state index is 12.9. The van der Waals surface area contributed by atoms with Crippen molar-refractivity contribution in [3.05, 3.63) is 114 Å². The van der Waals surface area contributed by atoms with Gasteiger partial charge in [0.05, 0.1) is 35.4 Å². The minimum Gasteiger partial charge on any atom is -0.495 e. The lowest BCUT2D eigenvalue weighted by Crippen LogP contribution is -2.15. The summed E-state index contributed by atoms with van der Waals surface area (Å²) in [6.45, 7) is 0. The Balaban J connectivity index is 1.59. The van der Waals surface area contributed by atoms with E-state index in [1.807, 2.05) is 0 Å². The maximum Gasteiger partial charge on any atom is 0.283 e. The third kappa shape index (κ3) is 6.40. The summed E-state index contributed by atoms with van der Waals surface area (Å²) in [7, 11) is 2.79. The molecule has 0 aliphatic heterocycles. The fourth-order valence-electron chi connectivity index (χ4n) is 4.02. The molecule has 42 heavy (non-hydrogen) atoms. The molecule has 0 aromatic heterocycles. The molecule has 0 saturated heterocycles. The molecule has 0 saturated carbocycles. The zero-order valence-electron chi connectivity index (χ0n) is 21.8. The molecule has 0 atom stereocenters. The molecule has 214 valence electrons. The lowest BCUT2D eigenvalue weighted by Gasteiger charge is -2.15. The molecule has 4 aromatic rings. The Labute approximate surface area is 248 Å². The van der Waals surface area contributed by atoms with Crippen molar-refractivity contribution in [2.75, 3.05) is 24.9 Å². The monoisotopic (exact) mass is 610 g/mol. The number of nitro benzene ring substituents is 2. The number of methoxy groups -OCH3 is 2. The van der Waals surface area contributed by atoms with Crippen LogP contribution in [-0.2, 0) is 0 Å². The molecule has 12 nitrogen and oxygen atoms in total.